The molecule has 1 amide bonds. The highest BCUT2D eigenvalue weighted by molar-refractivity contribution is 7.99. The highest BCUT2D eigenvalue weighted by Gasteiger charge is 2.33. The molecule has 12 heteroatoms. The summed E-state index contributed by atoms with van der Waals surface area (Å²) in [5, 5.41) is 0.848. The highest BCUT2D eigenvalue weighted by atomic mass is 32.2. The molecule has 3 aromatic rings. The van der Waals surface area contributed by atoms with Gasteiger partial charge >= 0.3 is 12.0 Å². The largest absolute Gasteiger partial charge is 0.573 e. The van der Waals surface area contributed by atoms with Gasteiger partial charge in [0.25, 0.3) is 5.91 Å². The molecule has 0 bridgehead atoms. The van der Waals surface area contributed by atoms with Crippen molar-refractivity contribution in [2.24, 2.45) is 0 Å². The molecule has 8 nitrogen and oxygen atoms in total. The molecular weight excluding hydrogens is 557 g/mol. The number of nitrogens with zero attached hydrogens (tertiary/aromatic N) is 3. The summed E-state index contributed by atoms with van der Waals surface area (Å²) in [6.07, 6.45) is -2.83. The van der Waals surface area contributed by atoms with Crippen LogP contribution in [0.2, 0.25) is 0 Å². The summed E-state index contributed by atoms with van der Waals surface area (Å²) < 4.78 is 51.5. The lowest BCUT2D eigenvalue weighted by Gasteiger charge is -2.35. The summed E-state index contributed by atoms with van der Waals surface area (Å²) in [7, 11) is 2.09. The van der Waals surface area contributed by atoms with Gasteiger partial charge in [-0.25, -0.2) is 4.79 Å². The molecular formula is C29H35F3N4O4S. The van der Waals surface area contributed by atoms with Gasteiger partial charge in [-0.3, -0.25) is 4.79 Å². The molecule has 1 aromatic heterocycles. The number of ether oxygens (including phenoxy) is 1. The van der Waals surface area contributed by atoms with Crippen LogP contribution in [0.1, 0.15) is 40.9 Å². The van der Waals surface area contributed by atoms with Gasteiger partial charge in [0.15, 0.2) is 5.75 Å². The van der Waals surface area contributed by atoms with Gasteiger partial charge in [-0.1, -0.05) is 25.8 Å². The molecule has 2 aliphatic heterocycles. The topological polar surface area (TPSA) is 78.3 Å². The Bertz CT molecular complexity index is 1470. The van der Waals surface area contributed by atoms with Crippen LogP contribution in [0.25, 0.3) is 11.0 Å². The van der Waals surface area contributed by atoms with Gasteiger partial charge in [0.1, 0.15) is 5.58 Å². The van der Waals surface area contributed by atoms with Crippen molar-refractivity contribution in [3.05, 3.63) is 63.0 Å². The van der Waals surface area contributed by atoms with Crippen molar-refractivity contribution in [1.82, 2.24) is 9.80 Å². The molecule has 1 fully saturated rings. The fourth-order valence-corrected chi connectivity index (χ4v) is 5.65. The molecule has 3 heterocycles. The van der Waals surface area contributed by atoms with E-state index >= 15 is 0 Å². The van der Waals surface area contributed by atoms with E-state index in [1.54, 1.807) is 6.26 Å². The summed E-state index contributed by atoms with van der Waals surface area (Å²) >= 11 is 1.10. The number of carbonyl (C=O) groups excluding carboxylic acids is 1. The van der Waals surface area contributed by atoms with E-state index in [4.69, 9.17) is 4.42 Å². The Morgan fingerprint density at radius 3 is 2.41 bits per heavy atom. The standard InChI is InChI=1S/C27H29F3N4O4S.C2H6/c1-16-22(33-12-10-32(2)11-13-33)7-5-19-18-8-9-34(15-20(18)26(36)37-24(16)19)25(35)17-4-6-21(31-39-3)23(14-17)38-27(28,29)30;1-2/h4-7,14,31H,8-13,15H2,1-3H3;1-2H3. The van der Waals surface area contributed by atoms with Gasteiger partial charge in [-0.05, 0) is 56.3 Å². The predicted molar refractivity (Wildman–Crippen MR) is 157 cm³/mol. The first-order chi connectivity index (χ1) is 19.6. The van der Waals surface area contributed by atoms with Crippen LogP contribution in [0.4, 0.5) is 24.5 Å². The number of amides is 1. The Hall–Kier alpha value is -3.38. The number of aryl methyl sites for hydroxylation is 1. The molecule has 0 radical (unpaired) electrons. The summed E-state index contributed by atoms with van der Waals surface area (Å²) in [6, 6.07) is 7.91. The number of rotatable bonds is 5. The minimum atomic E-state index is -4.91. The van der Waals surface area contributed by atoms with Crippen LogP contribution in [0, 0.1) is 6.92 Å². The van der Waals surface area contributed by atoms with E-state index in [0.717, 1.165) is 66.4 Å². The Morgan fingerprint density at radius 2 is 1.76 bits per heavy atom. The Labute approximate surface area is 241 Å². The first kappa shape index (κ1) is 30.6. The van der Waals surface area contributed by atoms with E-state index in [2.05, 4.69) is 32.4 Å². The van der Waals surface area contributed by atoms with Crippen molar-refractivity contribution in [2.45, 2.75) is 40.1 Å². The number of likely N-dealkylation sites (N-methyl/N-ethyl adjacent to an activating group) is 1. The molecule has 0 aliphatic carbocycles. The quantitative estimate of drug-likeness (QED) is 0.300. The first-order valence-corrected chi connectivity index (χ1v) is 14.8. The zero-order valence-corrected chi connectivity index (χ0v) is 24.7. The molecule has 41 heavy (non-hydrogen) atoms. The Morgan fingerprint density at radius 1 is 1.05 bits per heavy atom. The molecule has 0 spiro atoms. The molecule has 1 N–H and O–H groups in total. The van der Waals surface area contributed by atoms with Gasteiger partial charge in [-0.2, -0.15) is 0 Å². The van der Waals surface area contributed by atoms with Crippen molar-refractivity contribution >= 4 is 40.2 Å². The number of nitrogens with one attached hydrogen (secondary N) is 1. The van der Waals surface area contributed by atoms with Crippen LogP contribution in [0.15, 0.2) is 39.5 Å². The van der Waals surface area contributed by atoms with E-state index in [-0.39, 0.29) is 17.8 Å². The lowest BCUT2D eigenvalue weighted by atomic mass is 9.95. The normalized spacial score (nSPS) is 15.7. The third-order valence-electron chi connectivity index (χ3n) is 7.29. The average molecular weight is 593 g/mol. The molecule has 0 unspecified atom stereocenters. The van der Waals surface area contributed by atoms with Crippen LogP contribution in [0.3, 0.4) is 0 Å². The number of benzene rings is 2. The second-order valence-electron chi connectivity index (χ2n) is 9.76. The number of piperazine rings is 1. The van der Waals surface area contributed by atoms with E-state index in [1.165, 1.54) is 17.0 Å². The van der Waals surface area contributed by atoms with Crippen molar-refractivity contribution in [1.29, 1.82) is 0 Å². The fraction of sp³-hybridized carbons (Fsp3) is 0.448. The third-order valence-corrected chi connectivity index (χ3v) is 7.71. The van der Waals surface area contributed by atoms with Gasteiger partial charge in [-0.15, -0.1) is 13.2 Å². The maximum atomic E-state index is 13.3. The monoisotopic (exact) mass is 592 g/mol. The molecule has 5 rings (SSSR count). The average Bonchev–Trinajstić information content (AvgIpc) is 2.95. The summed E-state index contributed by atoms with van der Waals surface area (Å²) in [5.41, 5.74) is 3.37. The summed E-state index contributed by atoms with van der Waals surface area (Å²) in [5.74, 6) is -0.998. The number of hydrogen-bond donors (Lipinski definition) is 1. The zero-order valence-electron chi connectivity index (χ0n) is 23.9. The fourth-order valence-electron chi connectivity index (χ4n) is 5.26. The second-order valence-corrected chi connectivity index (χ2v) is 10.4. The van der Waals surface area contributed by atoms with E-state index in [0.29, 0.717) is 24.1 Å². The summed E-state index contributed by atoms with van der Waals surface area (Å²) in [4.78, 5) is 32.4. The van der Waals surface area contributed by atoms with Gasteiger partial charge in [0.05, 0.1) is 17.8 Å². The van der Waals surface area contributed by atoms with Crippen LogP contribution in [-0.2, 0) is 13.0 Å². The number of anilines is 2. The maximum Gasteiger partial charge on any atom is 0.573 e. The molecule has 222 valence electrons. The Balaban J connectivity index is 0.00000189. The van der Waals surface area contributed by atoms with E-state index < -0.39 is 23.6 Å². The highest BCUT2D eigenvalue weighted by Crippen LogP contribution is 2.35. The van der Waals surface area contributed by atoms with Crippen LogP contribution >= 0.6 is 11.9 Å². The number of halogens is 3. The van der Waals surface area contributed by atoms with Crippen molar-refractivity contribution in [3.63, 3.8) is 0 Å². The van der Waals surface area contributed by atoms with Crippen LogP contribution in [0.5, 0.6) is 5.75 Å². The SMILES string of the molecule is CC.CSNc1ccc(C(=O)N2CCc3c(c(=O)oc4c(C)c(N5CCN(C)CC5)ccc34)C2)cc1OC(F)(F)F. The molecule has 1 saturated heterocycles. The third kappa shape index (κ3) is 6.59. The van der Waals surface area contributed by atoms with E-state index in [9.17, 15) is 22.8 Å². The maximum absolute atomic E-state index is 13.3. The number of alkyl halides is 3. The van der Waals surface area contributed by atoms with Gasteiger partial charge < -0.3 is 28.6 Å². The van der Waals surface area contributed by atoms with E-state index in [1.807, 2.05) is 26.8 Å². The first-order valence-electron chi connectivity index (χ1n) is 13.6. The number of carbonyl (C=O) groups is 1. The van der Waals surface area contributed by atoms with Crippen molar-refractivity contribution in [2.75, 3.05) is 55.6 Å². The minimum absolute atomic E-state index is 0.00593. The molecule has 0 saturated carbocycles. The molecule has 2 aliphatic rings. The summed E-state index contributed by atoms with van der Waals surface area (Å²) in [6.45, 7) is 9.96. The second kappa shape index (κ2) is 12.6. The Kier molecular flexibility index (Phi) is 9.43. The minimum Gasteiger partial charge on any atom is -0.422 e. The van der Waals surface area contributed by atoms with Gasteiger partial charge in [0, 0.05) is 61.2 Å². The number of fused-ring (bicyclic) bond motifs is 3. The van der Waals surface area contributed by atoms with Crippen molar-refractivity contribution < 1.29 is 27.1 Å². The van der Waals surface area contributed by atoms with Crippen LogP contribution in [-0.4, -0.2) is 68.1 Å². The molecule has 0 atom stereocenters. The lowest BCUT2D eigenvalue weighted by molar-refractivity contribution is -0.274. The number of hydrogen-bond acceptors (Lipinski definition) is 8. The predicted octanol–water partition coefficient (Wildman–Crippen LogP) is 5.67. The van der Waals surface area contributed by atoms with Crippen molar-refractivity contribution in [3.8, 4) is 5.75 Å². The lowest BCUT2D eigenvalue weighted by Crippen LogP contribution is -2.44. The molecule has 2 aromatic carbocycles. The zero-order chi connectivity index (χ0) is 29.9. The van der Waals surface area contributed by atoms with Crippen LogP contribution < -0.4 is 20.0 Å². The van der Waals surface area contributed by atoms with Gasteiger partial charge in [0.2, 0.25) is 0 Å². The smallest absolute Gasteiger partial charge is 0.422 e.